The molecule has 0 saturated heterocycles. The van der Waals surface area contributed by atoms with E-state index < -0.39 is 23.6 Å². The highest BCUT2D eigenvalue weighted by atomic mass is 79.9. The molecule has 1 heterocycles. The zero-order chi connectivity index (χ0) is 69.3. The topological polar surface area (TPSA) is 165 Å². The summed E-state index contributed by atoms with van der Waals surface area (Å²) in [4.78, 5) is 66.2. The zero-order valence-corrected chi connectivity index (χ0v) is 59.1. The van der Waals surface area contributed by atoms with E-state index in [0.29, 0.717) is 47.9 Å². The number of fused-ring (bicyclic) bond motifs is 8. The first-order valence-corrected chi connectivity index (χ1v) is 34.8. The number of ketones is 5. The van der Waals surface area contributed by atoms with E-state index in [1.807, 2.05) is 121 Å². The molecule has 11 nitrogen and oxygen atoms in total. The molecule has 15 rings (SSSR count). The van der Waals surface area contributed by atoms with Crippen LogP contribution in [0, 0.1) is 5.92 Å². The van der Waals surface area contributed by atoms with Crippen molar-refractivity contribution in [1.29, 1.82) is 0 Å². The lowest BCUT2D eigenvalue weighted by atomic mass is 9.97. The first-order chi connectivity index (χ1) is 48.1. The number of nitrogens with zero attached hydrogens (tertiary/aromatic N) is 3. The predicted molar refractivity (Wildman–Crippen MR) is 391 cm³/mol. The molecule has 0 saturated carbocycles. The van der Waals surface area contributed by atoms with E-state index in [1.165, 1.54) is 103 Å². The van der Waals surface area contributed by atoms with Gasteiger partial charge in [0.25, 0.3) is 0 Å². The van der Waals surface area contributed by atoms with E-state index in [4.69, 9.17) is 0 Å². The van der Waals surface area contributed by atoms with Gasteiger partial charge < -0.3 is 42.1 Å². The molecule has 12 heteroatoms. The van der Waals surface area contributed by atoms with Gasteiger partial charge in [-0.3, -0.25) is 24.0 Å². The van der Waals surface area contributed by atoms with Crippen molar-refractivity contribution in [1.82, 2.24) is 0 Å². The van der Waals surface area contributed by atoms with Gasteiger partial charge in [0.15, 0.2) is 28.9 Å². The van der Waals surface area contributed by atoms with Crippen molar-refractivity contribution < 1.29 is 60.8 Å². The number of rotatable bonds is 17. The van der Waals surface area contributed by atoms with Gasteiger partial charge >= 0.3 is 0 Å². The predicted octanol–water partition coefficient (Wildman–Crippen LogP) is 12.2. The van der Waals surface area contributed by atoms with Crippen molar-refractivity contribution in [2.45, 2.75) is 109 Å². The van der Waals surface area contributed by atoms with Crippen molar-refractivity contribution >= 4 is 73.6 Å². The highest BCUT2D eigenvalue weighted by Gasteiger charge is 2.38. The molecular formula is C88H83BrN3O8-3. The van der Waals surface area contributed by atoms with Gasteiger partial charge in [-0.2, -0.15) is 4.57 Å². The molecule has 1 aromatic heterocycles. The maximum atomic E-state index is 12.5. The molecule has 2 unspecified atom stereocenters. The molecule has 2 atom stereocenters. The molecule has 0 N–H and O–H groups in total. The SMILES string of the molecule is CCCCCCCCCCCC[n+]1c2cc(N(C)C)ccc2cc2ccc(N(C)C)cc21.O=C1C(=CC2=C([O-])c3ccccc3C2)Cc2ccccc21.O=C1C(=CC2C(=O)c3ccccc3C2[O-])C(=O)c2ccccc21.O=C1C(=CC=CC2=C([O-])c3ccccc3C2)Cc2ccccc21.[Br-]. The fourth-order valence-corrected chi connectivity index (χ4v) is 14.3. The fraction of sp³-hybridized carbons (Fsp3) is 0.250. The van der Waals surface area contributed by atoms with Gasteiger partial charge in [0.05, 0.1) is 5.57 Å². The van der Waals surface area contributed by atoms with E-state index in [-0.39, 0.29) is 51.4 Å². The van der Waals surface area contributed by atoms with Crippen LogP contribution in [0.5, 0.6) is 0 Å². The van der Waals surface area contributed by atoms with Gasteiger partial charge in [0.2, 0.25) is 11.0 Å². The summed E-state index contributed by atoms with van der Waals surface area (Å²) in [5, 5.41) is 39.8. The number of aryl methyl sites for hydroxylation is 1. The Morgan fingerprint density at radius 2 is 0.870 bits per heavy atom. The van der Waals surface area contributed by atoms with Crippen LogP contribution in [-0.2, 0) is 32.2 Å². The molecule has 9 aromatic rings. The quantitative estimate of drug-likeness (QED) is 0.0282. The highest BCUT2D eigenvalue weighted by molar-refractivity contribution is 6.39. The van der Waals surface area contributed by atoms with Gasteiger partial charge in [0.1, 0.15) is 6.54 Å². The normalized spacial score (nSPS) is 16.8. The molecule has 0 radical (unpaired) electrons. The fourth-order valence-electron chi connectivity index (χ4n) is 14.3. The Kier molecular flexibility index (Phi) is 22.9. The molecule has 0 amide bonds. The minimum atomic E-state index is -1.28. The maximum absolute atomic E-state index is 12.5. The number of carbonyl (C=O) groups excluding carboxylic acids is 5. The number of halogens is 1. The number of allylic oxidation sites excluding steroid dienone is 9. The van der Waals surface area contributed by atoms with Crippen LogP contribution < -0.4 is 46.7 Å². The van der Waals surface area contributed by atoms with Gasteiger partial charge in [-0.15, -0.1) is 0 Å². The monoisotopic (exact) mass is 1390 g/mol. The zero-order valence-electron chi connectivity index (χ0n) is 57.5. The molecular weight excluding hydrogens is 1310 g/mol. The van der Waals surface area contributed by atoms with Crippen molar-refractivity contribution in [3.05, 3.63) is 313 Å². The number of benzene rings is 8. The standard InChI is InChI=1S/C29H44N3.C21H16O2.C19H11O4.C19H14O2.BrH/c1-6-7-8-9-10-11-12-13-14-15-20-32-28-22-26(30(2)3)18-16-24(28)21-25-17-19-27(31(4)5)23-29(25)32;22-20-16(12-14-6-1-3-10-18(14)20)8-5-9-17-13-15-7-2-4-11-19(15)21(17)23;20-16-10-5-1-2-6-11(10)17(21)14(16)9-15-18(22)12-7-3-4-8-13(12)19(15)23;20-18-14(9-12-5-1-3-7-16(12)18)11-15-10-13-6-2-4-8-17(13)19(15)21;/h16-19,21-23H,6-15,20H2,1-5H3;1-11,22H,12-13H2;1-9,14,16H;1-8,11,20H,9-10H2;1H/q+1;;-1;;/p-3. The van der Waals surface area contributed by atoms with Crippen molar-refractivity contribution in [3.8, 4) is 0 Å². The van der Waals surface area contributed by atoms with Crippen LogP contribution in [-0.4, -0.2) is 57.1 Å². The summed E-state index contributed by atoms with van der Waals surface area (Å²) in [5.41, 5.74) is 17.0. The van der Waals surface area contributed by atoms with Gasteiger partial charge in [0, 0.05) is 127 Å². The first-order valence-electron chi connectivity index (χ1n) is 34.8. The minimum absolute atomic E-state index is 0. The number of aromatic nitrogens is 1. The number of unbranched alkanes of at least 4 members (excludes halogenated alkanes) is 9. The second-order valence-electron chi connectivity index (χ2n) is 26.9. The average Bonchev–Trinajstić information content (AvgIpc) is 1.57. The lowest BCUT2D eigenvalue weighted by Gasteiger charge is -2.21. The largest absolute Gasteiger partial charge is 1.00 e. The summed E-state index contributed by atoms with van der Waals surface area (Å²) in [5.74, 6) is -1.87. The Hall–Kier alpha value is -10.1. The van der Waals surface area contributed by atoms with Crippen molar-refractivity contribution in [2.75, 3.05) is 38.0 Å². The second-order valence-corrected chi connectivity index (χ2v) is 26.9. The van der Waals surface area contributed by atoms with E-state index in [2.05, 4.69) is 91.9 Å². The molecule has 0 fully saturated rings. The van der Waals surface area contributed by atoms with Crippen LogP contribution in [0.2, 0.25) is 0 Å². The number of hydrogen-bond acceptors (Lipinski definition) is 10. The van der Waals surface area contributed by atoms with Crippen molar-refractivity contribution in [2.24, 2.45) is 5.92 Å². The molecule has 508 valence electrons. The van der Waals surface area contributed by atoms with Crippen LogP contribution in [0.3, 0.4) is 0 Å². The average molecular weight is 1390 g/mol. The lowest BCUT2D eigenvalue weighted by molar-refractivity contribution is -0.645. The summed E-state index contributed by atoms with van der Waals surface area (Å²) >= 11 is 0. The summed E-state index contributed by atoms with van der Waals surface area (Å²) in [6, 6.07) is 59.9. The molecule has 100 heavy (non-hydrogen) atoms. The van der Waals surface area contributed by atoms with Crippen molar-refractivity contribution in [3.63, 3.8) is 0 Å². The molecule has 6 aliphatic carbocycles. The third kappa shape index (κ3) is 15.3. The molecule has 8 aromatic carbocycles. The van der Waals surface area contributed by atoms with E-state index in [1.54, 1.807) is 48.5 Å². The minimum Gasteiger partial charge on any atom is -1.00 e. The Bertz CT molecular complexity index is 4750. The van der Waals surface area contributed by atoms with E-state index >= 15 is 0 Å². The maximum Gasteiger partial charge on any atom is 0.215 e. The summed E-state index contributed by atoms with van der Waals surface area (Å²) in [6.07, 6.45) is 23.6. The van der Waals surface area contributed by atoms with Gasteiger partial charge in [-0.1, -0.05) is 263 Å². The summed E-state index contributed by atoms with van der Waals surface area (Å²) in [6.45, 7) is 3.37. The first kappa shape index (κ1) is 71.2. The van der Waals surface area contributed by atoms with Gasteiger partial charge in [-0.25, -0.2) is 0 Å². The van der Waals surface area contributed by atoms with Crippen LogP contribution in [0.25, 0.3) is 33.3 Å². The van der Waals surface area contributed by atoms with Gasteiger partial charge in [-0.05, 0) is 88.5 Å². The van der Waals surface area contributed by atoms with E-state index in [9.17, 15) is 39.3 Å². The molecule has 6 aliphatic rings. The number of carbonyl (C=O) groups is 5. The Morgan fingerprint density at radius 3 is 1.36 bits per heavy atom. The second kappa shape index (κ2) is 32.2. The van der Waals surface area contributed by atoms with Crippen LogP contribution in [0.15, 0.2) is 246 Å². The lowest BCUT2D eigenvalue weighted by Crippen LogP contribution is -3.00. The Morgan fingerprint density at radius 1 is 0.450 bits per heavy atom. The van der Waals surface area contributed by atoms with E-state index in [0.717, 1.165) is 73.3 Å². The molecule has 0 bridgehead atoms. The molecule has 0 aliphatic heterocycles. The number of hydrogen-bond donors (Lipinski definition) is 0. The number of Topliss-reactive ketones (excluding diaryl/α,β-unsaturated/α-hetero) is 5. The molecule has 0 spiro atoms. The number of anilines is 2. The third-order valence-corrected chi connectivity index (χ3v) is 19.8. The highest BCUT2D eigenvalue weighted by Crippen LogP contribution is 2.39. The van der Waals surface area contributed by atoms with Crippen LogP contribution in [0.4, 0.5) is 11.4 Å². The summed E-state index contributed by atoms with van der Waals surface area (Å²) < 4.78 is 2.56. The third-order valence-electron chi connectivity index (χ3n) is 19.8. The number of pyridine rings is 1. The Balaban J connectivity index is 0.000000136. The smallest absolute Gasteiger partial charge is 0.215 e. The van der Waals surface area contributed by atoms with Crippen LogP contribution >= 0.6 is 0 Å². The Labute approximate surface area is 597 Å². The summed E-state index contributed by atoms with van der Waals surface area (Å²) in [7, 11) is 8.50. The van der Waals surface area contributed by atoms with Crippen LogP contribution in [0.1, 0.15) is 168 Å².